The lowest BCUT2D eigenvalue weighted by Gasteiger charge is -2.15. The smallest absolute Gasteiger partial charge is 0.00988 e. The first-order valence-corrected chi connectivity index (χ1v) is 15.3. The van der Waals surface area contributed by atoms with E-state index in [2.05, 4.69) is 170 Å². The number of hydrogen-bond donors (Lipinski definition) is 0. The fourth-order valence-electron chi connectivity index (χ4n) is 7.04. The minimum atomic E-state index is 1.23. The van der Waals surface area contributed by atoms with Crippen molar-refractivity contribution in [3.63, 3.8) is 0 Å². The van der Waals surface area contributed by atoms with Gasteiger partial charge in [-0.1, -0.05) is 140 Å². The Hall–Kier alpha value is -5.72. The average Bonchev–Trinajstić information content (AvgIpc) is 3.10. The third-order valence-electron chi connectivity index (χ3n) is 9.20. The molecule has 0 aliphatic rings. The third kappa shape index (κ3) is 4.00. The molecule has 9 rings (SSSR count). The van der Waals surface area contributed by atoms with Crippen molar-refractivity contribution in [3.05, 3.63) is 170 Å². The fourth-order valence-corrected chi connectivity index (χ4v) is 7.04. The summed E-state index contributed by atoms with van der Waals surface area (Å²) in [6.07, 6.45) is 0. The molecule has 0 N–H and O–H groups in total. The summed E-state index contributed by atoms with van der Waals surface area (Å²) in [7, 11) is 0. The molecule has 0 bridgehead atoms. The molecule has 0 amide bonds. The zero-order valence-electron chi connectivity index (χ0n) is 24.2. The van der Waals surface area contributed by atoms with Gasteiger partial charge < -0.3 is 0 Å². The Kier molecular flexibility index (Phi) is 5.61. The maximum atomic E-state index is 2.37. The Balaban J connectivity index is 1.22. The molecule has 0 fully saturated rings. The van der Waals surface area contributed by atoms with E-state index in [1.165, 1.54) is 87.2 Å². The third-order valence-corrected chi connectivity index (χ3v) is 9.20. The first kappa shape index (κ1) is 24.8. The highest BCUT2D eigenvalue weighted by atomic mass is 14.2. The maximum Gasteiger partial charge on any atom is -0.00988 e. The lowest BCUT2D eigenvalue weighted by molar-refractivity contribution is 1.64. The summed E-state index contributed by atoms with van der Waals surface area (Å²) >= 11 is 0. The van der Waals surface area contributed by atoms with Crippen LogP contribution >= 0.6 is 0 Å². The SMILES string of the molecule is c1cc(-c2cc3ccccc3c3ccccc23)cc(-c2cc3ccc(-c4ccc5ccccc5c4)cc3c3ccccc23)c1. The maximum absolute atomic E-state index is 2.37. The molecule has 0 saturated carbocycles. The fraction of sp³-hybridized carbons (Fsp3) is 0. The summed E-state index contributed by atoms with van der Waals surface area (Å²) in [5.74, 6) is 0. The molecule has 0 saturated heterocycles. The van der Waals surface area contributed by atoms with Crippen LogP contribution in [0.4, 0.5) is 0 Å². The molecule has 9 aromatic carbocycles. The second kappa shape index (κ2) is 9.93. The van der Waals surface area contributed by atoms with Crippen molar-refractivity contribution in [2.24, 2.45) is 0 Å². The van der Waals surface area contributed by atoms with E-state index in [-0.39, 0.29) is 0 Å². The van der Waals surface area contributed by atoms with E-state index in [0.29, 0.717) is 0 Å². The summed E-state index contributed by atoms with van der Waals surface area (Å²) in [5, 5.41) is 12.8. The monoisotopic (exact) mass is 556 g/mol. The van der Waals surface area contributed by atoms with Crippen LogP contribution < -0.4 is 0 Å². The van der Waals surface area contributed by atoms with E-state index in [9.17, 15) is 0 Å². The molecule has 0 heteroatoms. The standard InChI is InChI=1S/C44H28/c1-2-11-30-24-31(21-20-29(30)10-1)32-22-23-36-28-44(41-19-8-7-18-40(41)42(36)26-32)34-14-9-13-33(25-34)43-27-35-12-3-4-15-37(35)38-16-5-6-17-39(38)43/h1-28H. The van der Waals surface area contributed by atoms with Crippen LogP contribution in [0.2, 0.25) is 0 Å². The van der Waals surface area contributed by atoms with E-state index in [0.717, 1.165) is 0 Å². The number of benzene rings is 9. The molecule has 44 heavy (non-hydrogen) atoms. The first-order valence-electron chi connectivity index (χ1n) is 15.3. The molecule has 0 aliphatic heterocycles. The summed E-state index contributed by atoms with van der Waals surface area (Å²) < 4.78 is 0. The van der Waals surface area contributed by atoms with E-state index >= 15 is 0 Å². The first-order chi connectivity index (χ1) is 21.8. The highest BCUT2D eigenvalue weighted by Crippen LogP contribution is 2.40. The van der Waals surface area contributed by atoms with Crippen molar-refractivity contribution < 1.29 is 0 Å². The summed E-state index contributed by atoms with van der Waals surface area (Å²) in [6.45, 7) is 0. The van der Waals surface area contributed by atoms with Crippen molar-refractivity contribution in [1.29, 1.82) is 0 Å². The lowest BCUT2D eigenvalue weighted by atomic mass is 9.89. The molecule has 9 aromatic rings. The van der Waals surface area contributed by atoms with Gasteiger partial charge in [-0.15, -0.1) is 0 Å². The van der Waals surface area contributed by atoms with Gasteiger partial charge in [0.2, 0.25) is 0 Å². The second-order valence-corrected chi connectivity index (χ2v) is 11.7. The van der Waals surface area contributed by atoms with E-state index < -0.39 is 0 Å². The van der Waals surface area contributed by atoms with Crippen molar-refractivity contribution in [2.45, 2.75) is 0 Å². The van der Waals surface area contributed by atoms with E-state index in [1.54, 1.807) is 0 Å². The molecule has 0 heterocycles. The quantitative estimate of drug-likeness (QED) is 0.190. The van der Waals surface area contributed by atoms with E-state index in [1.807, 2.05) is 0 Å². The molecule has 0 nitrogen and oxygen atoms in total. The lowest BCUT2D eigenvalue weighted by Crippen LogP contribution is -1.88. The van der Waals surface area contributed by atoms with Crippen molar-refractivity contribution in [3.8, 4) is 33.4 Å². The van der Waals surface area contributed by atoms with E-state index in [4.69, 9.17) is 0 Å². The van der Waals surface area contributed by atoms with Crippen molar-refractivity contribution in [1.82, 2.24) is 0 Å². The molecule has 0 radical (unpaired) electrons. The predicted octanol–water partition coefficient (Wildman–Crippen LogP) is 12.5. The van der Waals surface area contributed by atoms with Gasteiger partial charge in [0.15, 0.2) is 0 Å². The molecule has 204 valence electrons. The summed E-state index contributed by atoms with van der Waals surface area (Å²) in [6, 6.07) is 62.4. The second-order valence-electron chi connectivity index (χ2n) is 11.7. The molecular formula is C44H28. The Labute approximate surface area is 256 Å². The largest absolute Gasteiger partial charge is 0.0616 e. The Bertz CT molecular complexity index is 2550. The molecular weight excluding hydrogens is 528 g/mol. The highest BCUT2D eigenvalue weighted by Gasteiger charge is 2.13. The molecule has 0 unspecified atom stereocenters. The van der Waals surface area contributed by atoms with Crippen LogP contribution in [0.15, 0.2) is 170 Å². The molecule has 0 aromatic heterocycles. The summed E-state index contributed by atoms with van der Waals surface area (Å²) in [4.78, 5) is 0. The van der Waals surface area contributed by atoms with Crippen LogP contribution in [0.1, 0.15) is 0 Å². The molecule has 0 aliphatic carbocycles. The Morgan fingerprint density at radius 3 is 1.36 bits per heavy atom. The van der Waals surface area contributed by atoms with Crippen LogP contribution in [-0.4, -0.2) is 0 Å². The van der Waals surface area contributed by atoms with Crippen molar-refractivity contribution >= 4 is 53.9 Å². The molecule has 0 spiro atoms. The van der Waals surface area contributed by atoms with Gasteiger partial charge in [0.05, 0.1) is 0 Å². The minimum absolute atomic E-state index is 1.23. The average molecular weight is 557 g/mol. The Morgan fingerprint density at radius 2 is 0.682 bits per heavy atom. The van der Waals surface area contributed by atoms with Gasteiger partial charge in [0, 0.05) is 0 Å². The van der Waals surface area contributed by atoms with Gasteiger partial charge in [-0.2, -0.15) is 0 Å². The van der Waals surface area contributed by atoms with Crippen LogP contribution in [0, 0.1) is 0 Å². The minimum Gasteiger partial charge on any atom is -0.0616 e. The highest BCUT2D eigenvalue weighted by molar-refractivity contribution is 6.16. The zero-order chi connectivity index (χ0) is 29.0. The van der Waals surface area contributed by atoms with Crippen LogP contribution in [-0.2, 0) is 0 Å². The van der Waals surface area contributed by atoms with Gasteiger partial charge in [-0.25, -0.2) is 0 Å². The summed E-state index contributed by atoms with van der Waals surface area (Å²) in [5.41, 5.74) is 7.49. The van der Waals surface area contributed by atoms with Gasteiger partial charge >= 0.3 is 0 Å². The van der Waals surface area contributed by atoms with Crippen LogP contribution in [0.25, 0.3) is 87.2 Å². The number of hydrogen-bond acceptors (Lipinski definition) is 0. The normalized spacial score (nSPS) is 11.6. The van der Waals surface area contributed by atoms with Gasteiger partial charge in [-0.3, -0.25) is 0 Å². The van der Waals surface area contributed by atoms with Gasteiger partial charge in [0.25, 0.3) is 0 Å². The predicted molar refractivity (Wildman–Crippen MR) is 190 cm³/mol. The van der Waals surface area contributed by atoms with Gasteiger partial charge in [0.1, 0.15) is 0 Å². The van der Waals surface area contributed by atoms with Crippen LogP contribution in [0.5, 0.6) is 0 Å². The zero-order valence-corrected chi connectivity index (χ0v) is 24.2. The molecule has 0 atom stereocenters. The number of fused-ring (bicyclic) bond motifs is 7. The van der Waals surface area contributed by atoms with Gasteiger partial charge in [-0.05, 0) is 118 Å². The van der Waals surface area contributed by atoms with Crippen molar-refractivity contribution in [2.75, 3.05) is 0 Å². The topological polar surface area (TPSA) is 0 Å². The Morgan fingerprint density at radius 1 is 0.205 bits per heavy atom. The number of rotatable bonds is 3. The van der Waals surface area contributed by atoms with Crippen LogP contribution in [0.3, 0.4) is 0 Å².